The summed E-state index contributed by atoms with van der Waals surface area (Å²) in [6.07, 6.45) is -0.289. The molecule has 0 aromatic carbocycles. The molecule has 3 heterocycles. The Labute approximate surface area is 139 Å². The Bertz CT molecular complexity index is 717. The van der Waals surface area contributed by atoms with Crippen LogP contribution in [0.15, 0.2) is 16.5 Å². The van der Waals surface area contributed by atoms with Crippen molar-refractivity contribution < 1.29 is 13.9 Å². The zero-order valence-electron chi connectivity index (χ0n) is 13.4. The number of halogens is 1. The first-order valence-corrected chi connectivity index (χ1v) is 7.85. The molecule has 1 aliphatic heterocycles. The van der Waals surface area contributed by atoms with Gasteiger partial charge in [0.05, 0.1) is 0 Å². The molecule has 1 aliphatic rings. The van der Waals surface area contributed by atoms with Crippen molar-refractivity contribution in [3.8, 4) is 0 Å². The van der Waals surface area contributed by atoms with Gasteiger partial charge < -0.3 is 19.0 Å². The molecule has 1 amide bonds. The van der Waals surface area contributed by atoms with E-state index in [4.69, 9.17) is 20.8 Å². The van der Waals surface area contributed by atoms with Gasteiger partial charge in [-0.25, -0.2) is 9.78 Å². The molecule has 1 saturated heterocycles. The number of ether oxygens (including phenoxy) is 1. The smallest absolute Gasteiger partial charge is 0.410 e. The summed E-state index contributed by atoms with van der Waals surface area (Å²) in [5.74, 6) is 0. The van der Waals surface area contributed by atoms with E-state index in [2.05, 4.69) is 9.97 Å². The van der Waals surface area contributed by atoms with Crippen molar-refractivity contribution in [1.29, 1.82) is 0 Å². The number of hydrogen-bond donors (Lipinski definition) is 0. The molecule has 8 heteroatoms. The largest absolute Gasteiger partial charge is 0.444 e. The normalized spacial score (nSPS) is 16.0. The van der Waals surface area contributed by atoms with Gasteiger partial charge in [-0.3, -0.25) is 0 Å². The highest BCUT2D eigenvalue weighted by atomic mass is 35.5. The lowest BCUT2D eigenvalue weighted by atomic mass is 10.2. The molecule has 3 rings (SSSR count). The van der Waals surface area contributed by atoms with E-state index in [0.717, 1.165) is 0 Å². The van der Waals surface area contributed by atoms with E-state index in [9.17, 15) is 4.79 Å². The van der Waals surface area contributed by atoms with Crippen LogP contribution in [-0.2, 0) is 4.74 Å². The van der Waals surface area contributed by atoms with Gasteiger partial charge in [-0.2, -0.15) is 4.98 Å². The van der Waals surface area contributed by atoms with Crippen molar-refractivity contribution in [2.45, 2.75) is 26.4 Å². The maximum Gasteiger partial charge on any atom is 0.410 e. The molecule has 0 atom stereocenters. The van der Waals surface area contributed by atoms with Crippen LogP contribution in [0.2, 0.25) is 5.15 Å². The number of carbonyl (C=O) groups is 1. The van der Waals surface area contributed by atoms with Crippen LogP contribution in [0.25, 0.3) is 11.2 Å². The highest BCUT2D eigenvalue weighted by molar-refractivity contribution is 6.29. The quantitative estimate of drug-likeness (QED) is 0.744. The number of carbonyl (C=O) groups excluding carboxylic acids is 1. The highest BCUT2D eigenvalue weighted by Gasteiger charge is 2.27. The Kier molecular flexibility index (Phi) is 4.06. The van der Waals surface area contributed by atoms with Gasteiger partial charge in [0, 0.05) is 26.2 Å². The number of fused-ring (bicyclic) bond motifs is 1. The van der Waals surface area contributed by atoms with Crippen molar-refractivity contribution in [3.05, 3.63) is 17.3 Å². The number of pyridine rings is 1. The predicted octanol–water partition coefficient (Wildman–Crippen LogP) is 2.93. The number of hydrogen-bond acceptors (Lipinski definition) is 6. The summed E-state index contributed by atoms with van der Waals surface area (Å²) in [5, 5.41) is 0.382. The van der Waals surface area contributed by atoms with Crippen LogP contribution >= 0.6 is 11.6 Å². The molecule has 2 aromatic rings. The summed E-state index contributed by atoms with van der Waals surface area (Å²) in [7, 11) is 0. The molecule has 1 fully saturated rings. The molecule has 7 nitrogen and oxygen atoms in total. The summed E-state index contributed by atoms with van der Waals surface area (Å²) in [5.41, 5.74) is 0.598. The third kappa shape index (κ3) is 3.67. The van der Waals surface area contributed by atoms with Gasteiger partial charge in [0.25, 0.3) is 6.01 Å². The van der Waals surface area contributed by atoms with Gasteiger partial charge in [-0.15, -0.1) is 0 Å². The predicted molar refractivity (Wildman–Crippen MR) is 86.8 cm³/mol. The van der Waals surface area contributed by atoms with Crippen LogP contribution in [0.4, 0.5) is 10.8 Å². The van der Waals surface area contributed by atoms with E-state index in [1.807, 2.05) is 25.7 Å². The summed E-state index contributed by atoms with van der Waals surface area (Å²) in [6.45, 7) is 7.94. The molecule has 0 aliphatic carbocycles. The van der Waals surface area contributed by atoms with Gasteiger partial charge in [0.15, 0.2) is 5.58 Å². The molecular weight excluding hydrogens is 320 g/mol. The minimum Gasteiger partial charge on any atom is -0.444 e. The summed E-state index contributed by atoms with van der Waals surface area (Å²) in [6, 6.07) is 3.91. The molecule has 0 bridgehead atoms. The minimum absolute atomic E-state index is 0.289. The van der Waals surface area contributed by atoms with Crippen molar-refractivity contribution in [3.63, 3.8) is 0 Å². The number of amides is 1. The average molecular weight is 339 g/mol. The minimum atomic E-state index is -0.487. The van der Waals surface area contributed by atoms with Crippen LogP contribution in [0, 0.1) is 0 Å². The molecule has 0 spiro atoms. The first kappa shape index (κ1) is 15.9. The highest BCUT2D eigenvalue weighted by Crippen LogP contribution is 2.23. The maximum atomic E-state index is 12.1. The van der Waals surface area contributed by atoms with Crippen LogP contribution < -0.4 is 4.90 Å². The summed E-state index contributed by atoms with van der Waals surface area (Å²) in [4.78, 5) is 24.2. The molecule has 0 N–H and O–H groups in total. The Morgan fingerprint density at radius 3 is 2.57 bits per heavy atom. The Hall–Kier alpha value is -2.02. The number of anilines is 1. The Morgan fingerprint density at radius 1 is 1.22 bits per heavy atom. The number of nitrogens with zero attached hydrogens (tertiary/aromatic N) is 4. The van der Waals surface area contributed by atoms with Crippen molar-refractivity contribution >= 4 is 34.9 Å². The second-order valence-corrected chi connectivity index (χ2v) is 6.79. The van der Waals surface area contributed by atoms with Crippen LogP contribution in [-0.4, -0.2) is 52.7 Å². The average Bonchev–Trinajstić information content (AvgIpc) is 2.88. The molecular formula is C15H19ClN4O3. The molecule has 124 valence electrons. The lowest BCUT2D eigenvalue weighted by Crippen LogP contribution is -2.50. The molecule has 0 saturated carbocycles. The lowest BCUT2D eigenvalue weighted by molar-refractivity contribution is 0.0239. The lowest BCUT2D eigenvalue weighted by Gasteiger charge is -2.34. The van der Waals surface area contributed by atoms with E-state index < -0.39 is 5.60 Å². The second kappa shape index (κ2) is 5.88. The first-order chi connectivity index (χ1) is 10.8. The number of rotatable bonds is 1. The zero-order valence-corrected chi connectivity index (χ0v) is 14.1. The van der Waals surface area contributed by atoms with E-state index in [1.54, 1.807) is 17.0 Å². The van der Waals surface area contributed by atoms with E-state index >= 15 is 0 Å². The fourth-order valence-electron chi connectivity index (χ4n) is 2.33. The second-order valence-electron chi connectivity index (χ2n) is 6.41. The topological polar surface area (TPSA) is 71.7 Å². The van der Waals surface area contributed by atoms with E-state index in [1.165, 1.54) is 0 Å². The van der Waals surface area contributed by atoms with Crippen molar-refractivity contribution in [1.82, 2.24) is 14.9 Å². The maximum absolute atomic E-state index is 12.1. The number of aromatic nitrogens is 2. The van der Waals surface area contributed by atoms with Gasteiger partial charge >= 0.3 is 6.09 Å². The van der Waals surface area contributed by atoms with Gasteiger partial charge in [-0.05, 0) is 32.9 Å². The fourth-order valence-corrected chi connectivity index (χ4v) is 2.47. The van der Waals surface area contributed by atoms with Crippen LogP contribution in [0.3, 0.4) is 0 Å². The first-order valence-electron chi connectivity index (χ1n) is 7.48. The standard InChI is InChI=1S/C15H19ClN4O3/c1-15(2,3)23-14(21)20-8-6-19(7-9-20)13-18-12-10(22-13)4-5-11(16)17-12/h4-5H,6-9H2,1-3H3. The molecule has 0 radical (unpaired) electrons. The molecule has 23 heavy (non-hydrogen) atoms. The summed E-state index contributed by atoms with van der Waals surface area (Å²) >= 11 is 5.86. The number of oxazole rings is 1. The molecule has 0 unspecified atom stereocenters. The fraction of sp³-hybridized carbons (Fsp3) is 0.533. The van der Waals surface area contributed by atoms with E-state index in [0.29, 0.717) is 48.6 Å². The summed E-state index contributed by atoms with van der Waals surface area (Å²) < 4.78 is 11.1. The van der Waals surface area contributed by atoms with E-state index in [-0.39, 0.29) is 6.09 Å². The number of piperazine rings is 1. The van der Waals surface area contributed by atoms with Crippen molar-refractivity contribution in [2.24, 2.45) is 0 Å². The van der Waals surface area contributed by atoms with Crippen LogP contribution in [0.5, 0.6) is 0 Å². The van der Waals surface area contributed by atoms with Gasteiger partial charge in [-0.1, -0.05) is 11.6 Å². The third-order valence-corrected chi connectivity index (χ3v) is 3.62. The zero-order chi connectivity index (χ0) is 16.6. The van der Waals surface area contributed by atoms with Gasteiger partial charge in [0.1, 0.15) is 10.8 Å². The van der Waals surface area contributed by atoms with Crippen molar-refractivity contribution in [2.75, 3.05) is 31.1 Å². The van der Waals surface area contributed by atoms with Gasteiger partial charge in [0.2, 0.25) is 5.65 Å². The SMILES string of the molecule is CC(C)(C)OC(=O)N1CCN(c2nc3nc(Cl)ccc3o2)CC1. The third-order valence-electron chi connectivity index (χ3n) is 3.41. The molecule has 2 aromatic heterocycles. The monoisotopic (exact) mass is 338 g/mol. The van der Waals surface area contributed by atoms with Crippen LogP contribution in [0.1, 0.15) is 20.8 Å². The Morgan fingerprint density at radius 2 is 1.91 bits per heavy atom. The Balaban J connectivity index is 1.65.